The Bertz CT molecular complexity index is 994. The van der Waals surface area contributed by atoms with Crippen LogP contribution >= 0.6 is 15.9 Å². The summed E-state index contributed by atoms with van der Waals surface area (Å²) in [6.45, 7) is 0.407. The second-order valence-electron chi connectivity index (χ2n) is 5.64. The molecule has 2 aromatic carbocycles. The van der Waals surface area contributed by atoms with Crippen LogP contribution in [0.3, 0.4) is 0 Å². The zero-order chi connectivity index (χ0) is 20.3. The first kappa shape index (κ1) is 19.8. The zero-order valence-electron chi connectivity index (χ0n) is 14.0. The van der Waals surface area contributed by atoms with Crippen LogP contribution in [0.4, 0.5) is 13.2 Å². The third-order valence-corrected chi connectivity index (χ3v) is 4.34. The number of ether oxygens (including phenoxy) is 1. The van der Waals surface area contributed by atoms with Crippen LogP contribution in [0.15, 0.2) is 47.2 Å². The summed E-state index contributed by atoms with van der Waals surface area (Å²) in [4.78, 5) is 11.4. The molecule has 0 radical (unpaired) electrons. The highest BCUT2D eigenvalue weighted by atomic mass is 79.9. The molecule has 0 atom stereocenters. The van der Waals surface area contributed by atoms with Gasteiger partial charge in [0.1, 0.15) is 18.7 Å². The minimum absolute atomic E-state index is 0.0906. The van der Waals surface area contributed by atoms with Crippen LogP contribution in [0.1, 0.15) is 15.9 Å². The van der Waals surface area contributed by atoms with Crippen molar-refractivity contribution in [2.45, 2.75) is 12.7 Å². The van der Waals surface area contributed by atoms with Gasteiger partial charge in [-0.3, -0.25) is 0 Å². The Kier molecular flexibility index (Phi) is 5.63. The van der Waals surface area contributed by atoms with Gasteiger partial charge < -0.3 is 9.84 Å². The Labute approximate surface area is 164 Å². The van der Waals surface area contributed by atoms with E-state index in [2.05, 4.69) is 31.5 Å². The van der Waals surface area contributed by atoms with Crippen molar-refractivity contribution in [1.82, 2.24) is 20.2 Å². The minimum Gasteiger partial charge on any atom is -0.490 e. The maximum absolute atomic E-state index is 13.1. The van der Waals surface area contributed by atoms with E-state index in [4.69, 9.17) is 4.74 Å². The molecule has 0 aliphatic carbocycles. The number of rotatable bonds is 6. The molecule has 1 heterocycles. The first-order chi connectivity index (χ1) is 13.3. The quantitative estimate of drug-likeness (QED) is 0.604. The molecule has 7 nitrogen and oxygen atoms in total. The normalized spacial score (nSPS) is 11.4. The van der Waals surface area contributed by atoms with Crippen LogP contribution in [0, 0.1) is 0 Å². The smallest absolute Gasteiger partial charge is 0.416 e. The summed E-state index contributed by atoms with van der Waals surface area (Å²) < 4.78 is 46.7. The van der Waals surface area contributed by atoms with Crippen molar-refractivity contribution in [2.75, 3.05) is 6.61 Å². The van der Waals surface area contributed by atoms with Crippen LogP contribution in [0.2, 0.25) is 0 Å². The van der Waals surface area contributed by atoms with Gasteiger partial charge in [-0.15, -0.1) is 5.10 Å². The van der Waals surface area contributed by atoms with Gasteiger partial charge in [-0.25, -0.2) is 9.48 Å². The number of tetrazole rings is 1. The van der Waals surface area contributed by atoms with Gasteiger partial charge in [0.2, 0.25) is 0 Å². The predicted octanol–water partition coefficient (Wildman–Crippen LogP) is 3.90. The van der Waals surface area contributed by atoms with Gasteiger partial charge in [0.25, 0.3) is 0 Å². The highest BCUT2D eigenvalue weighted by Gasteiger charge is 2.30. The van der Waals surface area contributed by atoms with Gasteiger partial charge >= 0.3 is 12.1 Å². The Hall–Kier alpha value is -2.95. The minimum atomic E-state index is -4.53. The van der Waals surface area contributed by atoms with Crippen molar-refractivity contribution in [3.8, 4) is 16.9 Å². The van der Waals surface area contributed by atoms with Crippen LogP contribution in [0.5, 0.6) is 5.75 Å². The Morgan fingerprint density at radius 1 is 1.25 bits per heavy atom. The lowest BCUT2D eigenvalue weighted by Gasteiger charge is -2.16. The molecule has 0 amide bonds. The van der Waals surface area contributed by atoms with Gasteiger partial charge in [0, 0.05) is 5.56 Å². The fourth-order valence-electron chi connectivity index (χ4n) is 2.47. The topological polar surface area (TPSA) is 90.1 Å². The standard InChI is InChI=1S/C17H12BrF3N4O3/c18-14-8-11(16(26)27)7-13(10-2-1-3-12(6-10)17(19,20)21)15(14)28-5-4-25-9-22-23-24-25/h1-3,6-9H,4-5H2,(H,26,27). The highest BCUT2D eigenvalue weighted by molar-refractivity contribution is 9.10. The second-order valence-corrected chi connectivity index (χ2v) is 6.49. The molecule has 0 aliphatic rings. The van der Waals surface area contributed by atoms with E-state index in [9.17, 15) is 23.1 Å². The summed E-state index contributed by atoms with van der Waals surface area (Å²) in [5.41, 5.74) is -0.542. The molecule has 0 aliphatic heterocycles. The molecule has 0 bridgehead atoms. The number of benzene rings is 2. The number of aromatic carboxylic acids is 1. The largest absolute Gasteiger partial charge is 0.490 e. The Balaban J connectivity index is 2.00. The summed E-state index contributed by atoms with van der Waals surface area (Å²) in [7, 11) is 0. The lowest BCUT2D eigenvalue weighted by atomic mass is 9.99. The van der Waals surface area contributed by atoms with Crippen molar-refractivity contribution in [2.24, 2.45) is 0 Å². The summed E-state index contributed by atoms with van der Waals surface area (Å²) in [5.74, 6) is -0.994. The first-order valence-electron chi connectivity index (χ1n) is 7.84. The number of aromatic nitrogens is 4. The number of carbonyl (C=O) groups is 1. The van der Waals surface area contributed by atoms with Crippen LogP contribution in [-0.2, 0) is 12.7 Å². The van der Waals surface area contributed by atoms with Gasteiger partial charge in [-0.2, -0.15) is 13.2 Å². The third-order valence-electron chi connectivity index (χ3n) is 3.75. The molecule has 28 heavy (non-hydrogen) atoms. The molecule has 0 unspecified atom stereocenters. The number of alkyl halides is 3. The average Bonchev–Trinajstić information content (AvgIpc) is 3.15. The van der Waals surface area contributed by atoms with E-state index in [0.29, 0.717) is 11.0 Å². The van der Waals surface area contributed by atoms with E-state index in [-0.39, 0.29) is 29.0 Å². The number of carboxylic acids is 1. The number of nitrogens with zero attached hydrogens (tertiary/aromatic N) is 4. The van der Waals surface area contributed by atoms with Crippen molar-refractivity contribution in [1.29, 1.82) is 0 Å². The zero-order valence-corrected chi connectivity index (χ0v) is 15.6. The average molecular weight is 457 g/mol. The second kappa shape index (κ2) is 7.97. The van der Waals surface area contributed by atoms with Gasteiger partial charge in [-0.1, -0.05) is 12.1 Å². The fraction of sp³-hybridized carbons (Fsp3) is 0.176. The third kappa shape index (κ3) is 4.47. The van der Waals surface area contributed by atoms with E-state index in [1.165, 1.54) is 35.3 Å². The SMILES string of the molecule is O=C(O)c1cc(Br)c(OCCn2cnnn2)c(-c2cccc(C(F)(F)F)c2)c1. The molecule has 1 aromatic heterocycles. The van der Waals surface area contributed by atoms with Crippen molar-refractivity contribution >= 4 is 21.9 Å². The number of hydrogen-bond acceptors (Lipinski definition) is 5. The van der Waals surface area contributed by atoms with Crippen LogP contribution in [-0.4, -0.2) is 37.9 Å². The molecule has 0 fully saturated rings. The fourth-order valence-corrected chi connectivity index (χ4v) is 3.04. The van der Waals surface area contributed by atoms with E-state index < -0.39 is 17.7 Å². The maximum Gasteiger partial charge on any atom is 0.416 e. The number of halogens is 4. The molecule has 0 spiro atoms. The molecular formula is C17H12BrF3N4O3. The van der Waals surface area contributed by atoms with Gasteiger partial charge in [0.05, 0.1) is 22.1 Å². The number of carboxylic acid groups (broad SMARTS) is 1. The van der Waals surface area contributed by atoms with Crippen molar-refractivity contribution in [3.05, 3.63) is 58.3 Å². The summed E-state index contributed by atoms with van der Waals surface area (Å²) in [5, 5.41) is 20.0. The molecule has 1 N–H and O–H groups in total. The Morgan fingerprint density at radius 2 is 2.04 bits per heavy atom. The monoisotopic (exact) mass is 456 g/mol. The number of hydrogen-bond donors (Lipinski definition) is 1. The highest BCUT2D eigenvalue weighted by Crippen LogP contribution is 2.40. The summed E-state index contributed by atoms with van der Waals surface area (Å²) >= 11 is 3.24. The van der Waals surface area contributed by atoms with E-state index in [1.54, 1.807) is 0 Å². The van der Waals surface area contributed by atoms with Crippen LogP contribution in [0.25, 0.3) is 11.1 Å². The molecule has 3 aromatic rings. The molecule has 3 rings (SSSR count). The molecular weight excluding hydrogens is 445 g/mol. The summed E-state index contributed by atoms with van der Waals surface area (Å²) in [6.07, 6.45) is -3.14. The Morgan fingerprint density at radius 3 is 2.68 bits per heavy atom. The summed E-state index contributed by atoms with van der Waals surface area (Å²) in [6, 6.07) is 7.20. The van der Waals surface area contributed by atoms with Crippen molar-refractivity contribution < 1.29 is 27.8 Å². The lowest BCUT2D eigenvalue weighted by molar-refractivity contribution is -0.137. The molecule has 0 saturated heterocycles. The van der Waals surface area contributed by atoms with E-state index in [1.807, 2.05) is 0 Å². The first-order valence-corrected chi connectivity index (χ1v) is 8.63. The molecule has 11 heteroatoms. The maximum atomic E-state index is 13.1. The van der Waals surface area contributed by atoms with E-state index >= 15 is 0 Å². The van der Waals surface area contributed by atoms with Crippen LogP contribution < -0.4 is 4.74 Å². The predicted molar refractivity (Wildman–Crippen MR) is 94.9 cm³/mol. The van der Waals surface area contributed by atoms with Crippen molar-refractivity contribution in [3.63, 3.8) is 0 Å². The van der Waals surface area contributed by atoms with E-state index in [0.717, 1.165) is 12.1 Å². The molecule has 146 valence electrons. The van der Waals surface area contributed by atoms with Gasteiger partial charge in [0.15, 0.2) is 0 Å². The van der Waals surface area contributed by atoms with Gasteiger partial charge in [-0.05, 0) is 56.2 Å². The molecule has 0 saturated carbocycles. The lowest BCUT2D eigenvalue weighted by Crippen LogP contribution is -2.10.